The van der Waals surface area contributed by atoms with E-state index >= 15 is 0 Å². The molecule has 0 bridgehead atoms. The summed E-state index contributed by atoms with van der Waals surface area (Å²) in [6.45, 7) is 1.97. The minimum atomic E-state index is -0.979. The first-order valence-electron chi connectivity index (χ1n) is 6.45. The van der Waals surface area contributed by atoms with Gasteiger partial charge in [0.1, 0.15) is 16.4 Å². The lowest BCUT2D eigenvalue weighted by atomic mass is 10.1. The molecule has 1 atom stereocenters. The summed E-state index contributed by atoms with van der Waals surface area (Å²) in [7, 11) is 0. The predicted octanol–water partition coefficient (Wildman–Crippen LogP) is 4.47. The van der Waals surface area contributed by atoms with E-state index in [1.54, 1.807) is 6.92 Å². The van der Waals surface area contributed by atoms with Crippen molar-refractivity contribution in [2.75, 3.05) is 0 Å². The highest BCUT2D eigenvalue weighted by atomic mass is 35.5. The van der Waals surface area contributed by atoms with Gasteiger partial charge in [0.05, 0.1) is 0 Å². The molecule has 1 saturated carbocycles. The summed E-state index contributed by atoms with van der Waals surface area (Å²) >= 11 is 11.9. The highest BCUT2D eigenvalue weighted by molar-refractivity contribution is 6.53. The van der Waals surface area contributed by atoms with Gasteiger partial charge in [0.25, 0.3) is 0 Å². The molecule has 104 valence electrons. The van der Waals surface area contributed by atoms with Crippen LogP contribution in [-0.4, -0.2) is 10.3 Å². The number of rotatable bonds is 3. The van der Waals surface area contributed by atoms with Crippen molar-refractivity contribution in [3.8, 4) is 0 Å². The molecule has 0 spiro atoms. The van der Waals surface area contributed by atoms with Crippen LogP contribution >= 0.6 is 23.2 Å². The van der Waals surface area contributed by atoms with Gasteiger partial charge in [-0.15, -0.1) is 23.2 Å². The fraction of sp³-hybridized carbons (Fsp3) is 0.312. The van der Waals surface area contributed by atoms with Gasteiger partial charge in [0.2, 0.25) is 0 Å². The van der Waals surface area contributed by atoms with Gasteiger partial charge in [-0.3, -0.25) is 4.79 Å². The van der Waals surface area contributed by atoms with Crippen molar-refractivity contribution in [1.29, 1.82) is 0 Å². The van der Waals surface area contributed by atoms with Crippen LogP contribution in [0.1, 0.15) is 18.9 Å². The predicted molar refractivity (Wildman–Crippen MR) is 80.9 cm³/mol. The topological polar surface area (TPSA) is 26.3 Å². The SMILES string of the molecule is CC1(C(=O)OCc2ccc3ccccc3c2)CC1(Cl)Cl. The molecule has 1 aliphatic rings. The third-order valence-electron chi connectivity index (χ3n) is 3.89. The van der Waals surface area contributed by atoms with E-state index in [2.05, 4.69) is 0 Å². The van der Waals surface area contributed by atoms with Gasteiger partial charge in [-0.25, -0.2) is 0 Å². The smallest absolute Gasteiger partial charge is 0.315 e. The first kappa shape index (κ1) is 13.7. The second kappa shape index (κ2) is 4.64. The Morgan fingerprint density at radius 1 is 1.20 bits per heavy atom. The summed E-state index contributed by atoms with van der Waals surface area (Å²) in [5.41, 5.74) is 0.184. The van der Waals surface area contributed by atoms with Gasteiger partial charge < -0.3 is 4.74 Å². The van der Waals surface area contributed by atoms with Gasteiger partial charge >= 0.3 is 5.97 Å². The molecule has 1 aliphatic carbocycles. The maximum Gasteiger partial charge on any atom is 0.315 e. The normalized spacial score (nSPS) is 23.6. The number of benzene rings is 2. The number of carbonyl (C=O) groups is 1. The van der Waals surface area contributed by atoms with E-state index in [1.807, 2.05) is 42.5 Å². The minimum absolute atomic E-state index is 0.239. The Morgan fingerprint density at radius 3 is 2.50 bits per heavy atom. The molecule has 1 unspecified atom stereocenters. The summed E-state index contributed by atoms with van der Waals surface area (Å²) in [5.74, 6) is -0.337. The van der Waals surface area contributed by atoms with Crippen molar-refractivity contribution in [3.63, 3.8) is 0 Å². The van der Waals surface area contributed by atoms with Gasteiger partial charge in [-0.2, -0.15) is 0 Å². The number of carbonyl (C=O) groups excluding carboxylic acids is 1. The van der Waals surface area contributed by atoms with E-state index in [0.29, 0.717) is 6.42 Å². The van der Waals surface area contributed by atoms with Crippen LogP contribution in [0.5, 0.6) is 0 Å². The van der Waals surface area contributed by atoms with E-state index in [0.717, 1.165) is 16.3 Å². The van der Waals surface area contributed by atoms with Gasteiger partial charge in [-0.1, -0.05) is 36.4 Å². The van der Waals surface area contributed by atoms with E-state index in [9.17, 15) is 4.79 Å². The number of esters is 1. The van der Waals surface area contributed by atoms with Gasteiger partial charge in [-0.05, 0) is 29.3 Å². The van der Waals surface area contributed by atoms with Crippen molar-refractivity contribution in [2.45, 2.75) is 24.3 Å². The van der Waals surface area contributed by atoms with Crippen LogP contribution in [0.3, 0.4) is 0 Å². The molecule has 0 heterocycles. The Labute approximate surface area is 127 Å². The molecule has 20 heavy (non-hydrogen) atoms. The molecule has 2 aromatic carbocycles. The summed E-state index contributed by atoms with van der Waals surface area (Å²) < 4.78 is 4.35. The third kappa shape index (κ3) is 2.27. The molecule has 1 fully saturated rings. The number of hydrogen-bond acceptors (Lipinski definition) is 2. The molecule has 3 rings (SSSR count). The van der Waals surface area contributed by atoms with Crippen molar-refractivity contribution in [1.82, 2.24) is 0 Å². The summed E-state index contributed by atoms with van der Waals surface area (Å²) in [5, 5.41) is 2.29. The zero-order valence-electron chi connectivity index (χ0n) is 11.0. The maximum atomic E-state index is 12.0. The number of alkyl halides is 2. The van der Waals surface area contributed by atoms with E-state index in [1.165, 1.54) is 0 Å². The zero-order chi connectivity index (χ0) is 14.4. The van der Waals surface area contributed by atoms with Crippen LogP contribution in [0, 0.1) is 5.41 Å². The number of ether oxygens (including phenoxy) is 1. The highest BCUT2D eigenvalue weighted by Crippen LogP contribution is 2.64. The first-order valence-corrected chi connectivity index (χ1v) is 7.21. The Morgan fingerprint density at radius 2 is 1.85 bits per heavy atom. The molecular formula is C16H14Cl2O2. The molecule has 0 radical (unpaired) electrons. The molecule has 4 heteroatoms. The fourth-order valence-corrected chi connectivity index (χ4v) is 2.95. The van der Waals surface area contributed by atoms with Gasteiger partial charge in [0.15, 0.2) is 0 Å². The van der Waals surface area contributed by atoms with Crippen molar-refractivity contribution < 1.29 is 9.53 Å². The largest absolute Gasteiger partial charge is 0.460 e. The van der Waals surface area contributed by atoms with E-state index < -0.39 is 9.75 Å². The molecular weight excluding hydrogens is 295 g/mol. The van der Waals surface area contributed by atoms with Crippen LogP contribution in [0.2, 0.25) is 0 Å². The van der Waals surface area contributed by atoms with Crippen LogP contribution < -0.4 is 0 Å². The standard InChI is InChI=1S/C16H14Cl2O2/c1-15(10-16(15,17)18)14(19)20-9-11-6-7-12-4-2-3-5-13(12)8-11/h2-8H,9-10H2,1H3. The van der Waals surface area contributed by atoms with Gasteiger partial charge in [0, 0.05) is 6.42 Å². The monoisotopic (exact) mass is 308 g/mol. The zero-order valence-corrected chi connectivity index (χ0v) is 12.5. The van der Waals surface area contributed by atoms with Crippen LogP contribution in [0.15, 0.2) is 42.5 Å². The van der Waals surface area contributed by atoms with Crippen LogP contribution in [0.4, 0.5) is 0 Å². The number of hydrogen-bond donors (Lipinski definition) is 0. The van der Waals surface area contributed by atoms with E-state index in [-0.39, 0.29) is 12.6 Å². The molecule has 0 amide bonds. The molecule has 2 aromatic rings. The van der Waals surface area contributed by atoms with Crippen LogP contribution in [0.25, 0.3) is 10.8 Å². The molecule has 0 aromatic heterocycles. The molecule has 0 saturated heterocycles. The average molecular weight is 309 g/mol. The Balaban J connectivity index is 1.70. The molecule has 0 N–H and O–H groups in total. The first-order chi connectivity index (χ1) is 9.42. The Hall–Kier alpha value is -1.25. The average Bonchev–Trinajstić information content (AvgIpc) is 2.96. The maximum absolute atomic E-state index is 12.0. The third-order valence-corrected chi connectivity index (χ3v) is 4.99. The lowest BCUT2D eigenvalue weighted by Gasteiger charge is -2.12. The van der Waals surface area contributed by atoms with E-state index in [4.69, 9.17) is 27.9 Å². The Bertz CT molecular complexity index is 681. The number of halogens is 2. The van der Waals surface area contributed by atoms with Crippen molar-refractivity contribution in [3.05, 3.63) is 48.0 Å². The minimum Gasteiger partial charge on any atom is -0.460 e. The number of fused-ring (bicyclic) bond motifs is 1. The summed E-state index contributed by atoms with van der Waals surface area (Å²) in [6, 6.07) is 14.1. The Kier molecular flexibility index (Phi) is 3.19. The highest BCUT2D eigenvalue weighted by Gasteiger charge is 2.69. The second-order valence-electron chi connectivity index (χ2n) is 5.47. The fourth-order valence-electron chi connectivity index (χ4n) is 2.26. The van der Waals surface area contributed by atoms with Crippen LogP contribution in [-0.2, 0) is 16.1 Å². The lowest BCUT2D eigenvalue weighted by Crippen LogP contribution is -2.21. The molecule has 0 aliphatic heterocycles. The van der Waals surface area contributed by atoms with Crippen molar-refractivity contribution in [2.24, 2.45) is 5.41 Å². The second-order valence-corrected chi connectivity index (χ2v) is 6.95. The van der Waals surface area contributed by atoms with Crippen molar-refractivity contribution >= 4 is 39.9 Å². The lowest BCUT2D eigenvalue weighted by molar-refractivity contribution is -0.150. The molecule has 2 nitrogen and oxygen atoms in total. The quantitative estimate of drug-likeness (QED) is 0.618. The summed E-state index contributed by atoms with van der Waals surface area (Å²) in [6.07, 6.45) is 0.444. The summed E-state index contributed by atoms with van der Waals surface area (Å²) in [4.78, 5) is 12.0.